The van der Waals surface area contributed by atoms with Gasteiger partial charge in [-0.1, -0.05) is 30.3 Å². The molecule has 2 atom stereocenters. The minimum Gasteiger partial charge on any atom is -0.477 e. The van der Waals surface area contributed by atoms with Gasteiger partial charge in [-0.15, -0.1) is 23.1 Å². The highest BCUT2D eigenvalue weighted by atomic mass is 32.2. The predicted molar refractivity (Wildman–Crippen MR) is 109 cm³/mol. The number of aromatic nitrogens is 1. The average Bonchev–Trinajstić information content (AvgIpc) is 3.19. The fourth-order valence-electron chi connectivity index (χ4n) is 3.20. The number of fused-ring (bicyclic) bond motifs is 1. The van der Waals surface area contributed by atoms with Gasteiger partial charge in [-0.05, 0) is 0 Å². The van der Waals surface area contributed by atoms with Gasteiger partial charge in [-0.2, -0.15) is 0 Å². The Morgan fingerprint density at radius 3 is 2.79 bits per heavy atom. The molecule has 0 saturated carbocycles. The van der Waals surface area contributed by atoms with Gasteiger partial charge in [0.15, 0.2) is 5.13 Å². The molecule has 0 bridgehead atoms. The van der Waals surface area contributed by atoms with E-state index in [0.29, 0.717) is 16.5 Å². The smallest absolute Gasteiger partial charge is 0.352 e. The maximum absolute atomic E-state index is 12.7. The van der Waals surface area contributed by atoms with Crippen LogP contribution in [0.15, 0.2) is 47.0 Å². The summed E-state index contributed by atoms with van der Waals surface area (Å²) < 4.78 is 4.94. The second-order valence-electron chi connectivity index (χ2n) is 6.47. The molecule has 2 N–H and O–H groups in total. The van der Waals surface area contributed by atoms with Crippen LogP contribution in [0.1, 0.15) is 6.92 Å². The van der Waals surface area contributed by atoms with Gasteiger partial charge in [0.1, 0.15) is 23.7 Å². The molecular weight excluding hydrogens is 414 g/mol. The number of hydrogen-bond donors (Lipinski definition) is 2. The van der Waals surface area contributed by atoms with Crippen LogP contribution in [0.25, 0.3) is 11.3 Å². The number of nitrogens with one attached hydrogen (secondary N) is 1. The minimum atomic E-state index is -1.20. The fourth-order valence-corrected chi connectivity index (χ4v) is 5.28. The Bertz CT molecular complexity index is 1000. The summed E-state index contributed by atoms with van der Waals surface area (Å²) in [4.78, 5) is 41.3. The van der Waals surface area contributed by atoms with Crippen LogP contribution in [0.5, 0.6) is 0 Å². The first-order valence-electron chi connectivity index (χ1n) is 8.76. The van der Waals surface area contributed by atoms with Crippen molar-refractivity contribution in [3.05, 3.63) is 47.0 Å². The first-order chi connectivity index (χ1) is 14.0. The number of benzene rings is 1. The lowest BCUT2D eigenvalue weighted by Gasteiger charge is -2.49. The number of anilines is 1. The Balaban J connectivity index is 1.49. The number of nitrogens with zero attached hydrogens (tertiary/aromatic N) is 2. The molecule has 0 spiro atoms. The number of ether oxygens (including phenoxy) is 1. The second kappa shape index (κ2) is 7.88. The fraction of sp³-hybridized carbons (Fsp3) is 0.263. The molecule has 150 valence electrons. The molecule has 8 nitrogen and oxygen atoms in total. The monoisotopic (exact) mass is 431 g/mol. The van der Waals surface area contributed by atoms with E-state index in [-0.39, 0.29) is 23.6 Å². The van der Waals surface area contributed by atoms with Crippen LogP contribution in [-0.4, -0.2) is 56.6 Å². The van der Waals surface area contributed by atoms with E-state index < -0.39 is 18.0 Å². The molecule has 0 aliphatic carbocycles. The van der Waals surface area contributed by atoms with E-state index in [9.17, 15) is 19.5 Å². The van der Waals surface area contributed by atoms with Crippen LogP contribution >= 0.6 is 23.1 Å². The zero-order valence-electron chi connectivity index (χ0n) is 15.3. The highest BCUT2D eigenvalue weighted by Gasteiger charge is 2.54. The normalized spacial score (nSPS) is 20.7. The van der Waals surface area contributed by atoms with E-state index in [4.69, 9.17) is 4.74 Å². The molecule has 1 saturated heterocycles. The van der Waals surface area contributed by atoms with Crippen molar-refractivity contribution in [2.75, 3.05) is 17.7 Å². The minimum absolute atomic E-state index is 0.0952. The van der Waals surface area contributed by atoms with Crippen LogP contribution in [0.4, 0.5) is 5.13 Å². The number of amides is 1. The summed E-state index contributed by atoms with van der Waals surface area (Å²) in [6.07, 6.45) is 0. The number of esters is 1. The van der Waals surface area contributed by atoms with Crippen molar-refractivity contribution >= 4 is 46.1 Å². The van der Waals surface area contributed by atoms with Crippen LogP contribution in [0, 0.1) is 0 Å². The highest BCUT2D eigenvalue weighted by molar-refractivity contribution is 8.00. The molecule has 1 amide bonds. The number of aliphatic carboxylic acids is 1. The lowest BCUT2D eigenvalue weighted by Crippen LogP contribution is -2.67. The maximum Gasteiger partial charge on any atom is 0.352 e. The molecular formula is C19H17N3O5S2. The number of carboxylic acid groups (broad SMARTS) is 1. The van der Waals surface area contributed by atoms with Crippen LogP contribution < -0.4 is 5.32 Å². The summed E-state index contributed by atoms with van der Waals surface area (Å²) in [5, 5.41) is 14.9. The molecule has 2 aliphatic rings. The standard InChI is InChI=1S/C19H17N3O5S2/c1-10(23)27-7-12-8-28-17-14(16(24)22(17)15(12)18(25)26)21-19-20-13(9-29-19)11-5-3-2-4-6-11/h2-6,9,14,17H,7-8H2,1H3,(H,20,21)(H,25,26)/t14-,17-/m0/s1. The molecule has 0 unspecified atom stereocenters. The highest BCUT2D eigenvalue weighted by Crippen LogP contribution is 2.42. The van der Waals surface area contributed by atoms with Crippen molar-refractivity contribution < 1.29 is 24.2 Å². The maximum atomic E-state index is 12.7. The van der Waals surface area contributed by atoms with Crippen LogP contribution in [-0.2, 0) is 19.1 Å². The van der Waals surface area contributed by atoms with Crippen molar-refractivity contribution in [3.8, 4) is 11.3 Å². The molecule has 2 aromatic rings. The van der Waals surface area contributed by atoms with Crippen LogP contribution in [0.2, 0.25) is 0 Å². The number of carbonyl (C=O) groups is 3. The Labute approximate surface area is 174 Å². The summed E-state index contributed by atoms with van der Waals surface area (Å²) in [6.45, 7) is 1.12. The van der Waals surface area contributed by atoms with Crippen LogP contribution in [0.3, 0.4) is 0 Å². The van der Waals surface area contributed by atoms with Crippen molar-refractivity contribution in [1.82, 2.24) is 9.88 Å². The molecule has 0 radical (unpaired) electrons. The molecule has 4 rings (SSSR count). The lowest BCUT2D eigenvalue weighted by molar-refractivity contribution is -0.147. The predicted octanol–water partition coefficient (Wildman–Crippen LogP) is 2.41. The Hall–Kier alpha value is -2.85. The first kappa shape index (κ1) is 19.5. The molecule has 10 heteroatoms. The van der Waals surface area contributed by atoms with E-state index in [2.05, 4.69) is 10.3 Å². The summed E-state index contributed by atoms with van der Waals surface area (Å²) in [5.41, 5.74) is 2.12. The Morgan fingerprint density at radius 2 is 2.10 bits per heavy atom. The summed E-state index contributed by atoms with van der Waals surface area (Å²) in [5.74, 6) is -1.67. The van der Waals surface area contributed by atoms with Gasteiger partial charge in [0.05, 0.1) is 5.69 Å². The van der Waals surface area contributed by atoms with E-state index in [0.717, 1.165) is 11.3 Å². The first-order valence-corrected chi connectivity index (χ1v) is 10.7. The van der Waals surface area contributed by atoms with E-state index in [1.54, 1.807) is 0 Å². The molecule has 29 heavy (non-hydrogen) atoms. The number of thioether (sulfide) groups is 1. The van der Waals surface area contributed by atoms with Gasteiger partial charge in [0, 0.05) is 29.2 Å². The summed E-state index contributed by atoms with van der Waals surface area (Å²) in [6, 6.07) is 9.16. The molecule has 1 aromatic heterocycles. The zero-order chi connectivity index (χ0) is 20.5. The lowest BCUT2D eigenvalue weighted by atomic mass is 10.0. The number of β-lactam (4-membered cyclic amide) rings is 1. The van der Waals surface area contributed by atoms with Gasteiger partial charge >= 0.3 is 11.9 Å². The van der Waals surface area contributed by atoms with E-state index in [1.165, 1.54) is 34.9 Å². The van der Waals surface area contributed by atoms with Gasteiger partial charge in [0.25, 0.3) is 5.91 Å². The number of thiazole rings is 1. The van der Waals surface area contributed by atoms with Crippen molar-refractivity contribution in [3.63, 3.8) is 0 Å². The number of carboxylic acids is 1. The third-order valence-electron chi connectivity index (χ3n) is 4.55. The van der Waals surface area contributed by atoms with E-state index >= 15 is 0 Å². The van der Waals surface area contributed by atoms with E-state index in [1.807, 2.05) is 35.7 Å². The second-order valence-corrected chi connectivity index (χ2v) is 8.44. The van der Waals surface area contributed by atoms with Crippen molar-refractivity contribution in [2.24, 2.45) is 0 Å². The summed E-state index contributed by atoms with van der Waals surface area (Å²) in [7, 11) is 0. The summed E-state index contributed by atoms with van der Waals surface area (Å²) >= 11 is 2.83. The third kappa shape index (κ3) is 3.73. The van der Waals surface area contributed by atoms with Crippen molar-refractivity contribution in [1.29, 1.82) is 0 Å². The molecule has 2 aliphatic heterocycles. The van der Waals surface area contributed by atoms with Gasteiger partial charge in [-0.25, -0.2) is 9.78 Å². The molecule has 3 heterocycles. The molecule has 1 fully saturated rings. The molecule has 1 aromatic carbocycles. The number of carbonyl (C=O) groups excluding carboxylic acids is 2. The average molecular weight is 431 g/mol. The third-order valence-corrected chi connectivity index (χ3v) is 6.67. The van der Waals surface area contributed by atoms with Gasteiger partial charge in [0.2, 0.25) is 0 Å². The Morgan fingerprint density at radius 1 is 1.34 bits per heavy atom. The largest absolute Gasteiger partial charge is 0.477 e. The van der Waals surface area contributed by atoms with Crippen molar-refractivity contribution in [2.45, 2.75) is 18.3 Å². The Kier molecular flexibility index (Phi) is 5.29. The zero-order valence-corrected chi connectivity index (χ0v) is 17.0. The van der Waals surface area contributed by atoms with Gasteiger partial charge in [-0.3, -0.25) is 14.5 Å². The topological polar surface area (TPSA) is 109 Å². The van der Waals surface area contributed by atoms with Gasteiger partial charge < -0.3 is 15.2 Å². The quantitative estimate of drug-likeness (QED) is 0.530. The number of hydrogen-bond acceptors (Lipinski definition) is 8. The number of rotatable bonds is 6. The SMILES string of the molecule is CC(=O)OCC1=C(C(=O)O)N2C(=O)[C@H](Nc3nc(-c4ccccc4)cs3)[C@@H]2SC1.